The lowest BCUT2D eigenvalue weighted by Crippen LogP contribution is -2.49. The molecule has 1 saturated carbocycles. The summed E-state index contributed by atoms with van der Waals surface area (Å²) >= 11 is 6.17. The highest BCUT2D eigenvalue weighted by Crippen LogP contribution is 2.44. The summed E-state index contributed by atoms with van der Waals surface area (Å²) in [6, 6.07) is 8.50. The first-order valence-electron chi connectivity index (χ1n) is 13.2. The number of hydrogen-bond acceptors (Lipinski definition) is 7. The number of nitrogens with two attached hydrogens (primary N) is 2. The molecule has 1 aliphatic carbocycles. The van der Waals surface area contributed by atoms with Crippen molar-refractivity contribution in [1.82, 2.24) is 9.29 Å². The molecule has 5 rings (SSSR count). The zero-order chi connectivity index (χ0) is 27.9. The van der Waals surface area contributed by atoms with E-state index in [1.807, 2.05) is 0 Å². The normalized spacial score (nSPS) is 25.4. The Morgan fingerprint density at radius 3 is 2.18 bits per heavy atom. The molecule has 1 atom stereocenters. The van der Waals surface area contributed by atoms with Crippen LogP contribution in [0.15, 0.2) is 41.3 Å². The maximum absolute atomic E-state index is 15.4. The summed E-state index contributed by atoms with van der Waals surface area (Å²) in [5.74, 6) is -3.66. The third-order valence-corrected chi connectivity index (χ3v) is 10.1. The number of nitrogens with zero attached hydrogens (tertiary/aromatic N) is 4. The Balaban J connectivity index is 1.26. The summed E-state index contributed by atoms with van der Waals surface area (Å²) in [7, 11) is -3.79. The minimum absolute atomic E-state index is 0.0257. The maximum atomic E-state index is 15.4. The predicted octanol–water partition coefficient (Wildman–Crippen LogP) is 2.92. The molecule has 3 aliphatic rings. The Morgan fingerprint density at radius 1 is 0.949 bits per heavy atom. The lowest BCUT2D eigenvalue weighted by molar-refractivity contribution is -0.117. The molecule has 0 radical (unpaired) electrons. The second kappa shape index (κ2) is 10.9. The molecule has 1 amide bonds. The van der Waals surface area contributed by atoms with Crippen molar-refractivity contribution in [3.05, 3.63) is 47.1 Å². The topological polar surface area (TPSA) is 126 Å². The number of piperazine rings is 1. The maximum Gasteiger partial charge on any atom is 0.276 e. The van der Waals surface area contributed by atoms with Gasteiger partial charge in [-0.25, -0.2) is 22.2 Å². The lowest BCUT2D eigenvalue weighted by atomic mass is 9.80. The first kappa shape index (κ1) is 28.2. The number of hydrogen-bond donors (Lipinski definition) is 2. The van der Waals surface area contributed by atoms with Crippen LogP contribution in [-0.4, -0.2) is 68.4 Å². The van der Waals surface area contributed by atoms with Crippen molar-refractivity contribution >= 4 is 39.0 Å². The van der Waals surface area contributed by atoms with Crippen molar-refractivity contribution in [1.29, 1.82) is 0 Å². The van der Waals surface area contributed by atoms with Gasteiger partial charge < -0.3 is 21.3 Å². The summed E-state index contributed by atoms with van der Waals surface area (Å²) in [5, 5.41) is -0.0257. The molecular formula is C26H33ClF2N6O3S. The molecule has 39 heavy (non-hydrogen) atoms. The van der Waals surface area contributed by atoms with Crippen molar-refractivity contribution in [2.45, 2.75) is 55.0 Å². The van der Waals surface area contributed by atoms with Gasteiger partial charge in [-0.2, -0.15) is 4.31 Å². The average molecular weight is 583 g/mol. The zero-order valence-corrected chi connectivity index (χ0v) is 23.1. The first-order valence-corrected chi connectivity index (χ1v) is 15.0. The van der Waals surface area contributed by atoms with E-state index in [1.165, 1.54) is 28.6 Å². The number of amides is 1. The van der Waals surface area contributed by atoms with Gasteiger partial charge in [0.2, 0.25) is 15.9 Å². The minimum Gasteiger partial charge on any atom is -0.354 e. The molecule has 1 aromatic heterocycles. The number of anilines is 2. The van der Waals surface area contributed by atoms with Crippen LogP contribution in [0.3, 0.4) is 0 Å². The van der Waals surface area contributed by atoms with Crippen LogP contribution in [0.1, 0.15) is 37.7 Å². The zero-order valence-electron chi connectivity index (χ0n) is 21.5. The molecule has 2 saturated heterocycles. The average Bonchev–Trinajstić information content (AvgIpc) is 3.26. The highest BCUT2D eigenvalue weighted by molar-refractivity contribution is 7.89. The van der Waals surface area contributed by atoms with Gasteiger partial charge in [-0.05, 0) is 62.1 Å². The van der Waals surface area contributed by atoms with Crippen molar-refractivity contribution in [3.8, 4) is 0 Å². The monoisotopic (exact) mass is 582 g/mol. The molecule has 0 bridgehead atoms. The highest BCUT2D eigenvalue weighted by Gasteiger charge is 2.43. The largest absolute Gasteiger partial charge is 0.354 e. The van der Waals surface area contributed by atoms with Crippen LogP contribution < -0.4 is 21.3 Å². The number of carbonyl (C=O) groups is 1. The quantitative estimate of drug-likeness (QED) is 0.502. The molecule has 1 aromatic carbocycles. The Hall–Kier alpha value is -2.38. The van der Waals surface area contributed by atoms with Gasteiger partial charge in [0.25, 0.3) is 5.92 Å². The van der Waals surface area contributed by atoms with E-state index in [9.17, 15) is 13.2 Å². The van der Waals surface area contributed by atoms with Gasteiger partial charge in [-0.1, -0.05) is 11.6 Å². The van der Waals surface area contributed by atoms with Gasteiger partial charge in [-0.3, -0.25) is 4.79 Å². The second-order valence-corrected chi connectivity index (χ2v) is 13.0. The van der Waals surface area contributed by atoms with Crippen LogP contribution in [0.4, 0.5) is 20.3 Å². The number of halogens is 3. The van der Waals surface area contributed by atoms with Gasteiger partial charge in [0, 0.05) is 68.4 Å². The van der Waals surface area contributed by atoms with Crippen LogP contribution in [0.25, 0.3) is 0 Å². The molecule has 13 heteroatoms. The van der Waals surface area contributed by atoms with Crippen molar-refractivity contribution < 1.29 is 22.0 Å². The minimum atomic E-state index is -3.79. The molecule has 2 aliphatic heterocycles. The van der Waals surface area contributed by atoms with E-state index < -0.39 is 21.9 Å². The lowest BCUT2D eigenvalue weighted by Gasteiger charge is -2.36. The van der Waals surface area contributed by atoms with Crippen molar-refractivity contribution in [2.24, 2.45) is 17.4 Å². The molecule has 9 nitrogen and oxygen atoms in total. The Bertz CT molecular complexity index is 1310. The number of pyridine rings is 1. The summed E-state index contributed by atoms with van der Waals surface area (Å²) in [6.45, 7) is 1.25. The van der Waals surface area contributed by atoms with E-state index >= 15 is 8.78 Å². The molecule has 2 aromatic rings. The van der Waals surface area contributed by atoms with Gasteiger partial charge in [0.15, 0.2) is 0 Å². The van der Waals surface area contributed by atoms with E-state index in [2.05, 4.69) is 4.98 Å². The molecule has 0 unspecified atom stereocenters. The second-order valence-electron chi connectivity index (χ2n) is 10.6. The van der Waals surface area contributed by atoms with Crippen molar-refractivity contribution in [3.63, 3.8) is 0 Å². The number of benzene rings is 1. The molecule has 3 fully saturated rings. The van der Waals surface area contributed by atoms with Crippen molar-refractivity contribution in [2.75, 3.05) is 42.5 Å². The standard InChI is InChI=1S/C26H33ClF2N6O3S/c27-23-13-18(26(28,29)17-1-3-19(30)4-2-17)14-24(32-23)33-9-11-34(12-10-33)39(37,38)22-7-5-21(6-8-22)35-16-20(31)15-25(35)36/h5-8,13-14,17,19-20H,1-4,9-12,15-16,30-31H2/t17-,19-,20-/m1/s1. The summed E-state index contributed by atoms with van der Waals surface area (Å²) in [4.78, 5) is 19.8. The smallest absolute Gasteiger partial charge is 0.276 e. The fourth-order valence-corrected chi connectivity index (χ4v) is 7.27. The molecule has 212 valence electrons. The van der Waals surface area contributed by atoms with E-state index in [0.29, 0.717) is 43.7 Å². The van der Waals surface area contributed by atoms with Gasteiger partial charge in [0.1, 0.15) is 11.0 Å². The van der Waals surface area contributed by atoms with Crippen LogP contribution >= 0.6 is 11.6 Å². The third-order valence-electron chi connectivity index (χ3n) is 7.95. The number of aromatic nitrogens is 1. The van der Waals surface area contributed by atoms with Crippen LogP contribution in [0.2, 0.25) is 5.15 Å². The Kier molecular flexibility index (Phi) is 7.86. The first-order chi connectivity index (χ1) is 18.4. The van der Waals surface area contributed by atoms with Crippen LogP contribution in [0, 0.1) is 5.92 Å². The number of alkyl halides is 2. The Morgan fingerprint density at radius 2 is 1.59 bits per heavy atom. The van der Waals surface area contributed by atoms with E-state index in [-0.39, 0.29) is 66.2 Å². The van der Waals surface area contributed by atoms with Crippen LogP contribution in [0.5, 0.6) is 0 Å². The third kappa shape index (κ3) is 5.76. The predicted molar refractivity (Wildman–Crippen MR) is 145 cm³/mol. The van der Waals surface area contributed by atoms with Gasteiger partial charge >= 0.3 is 0 Å². The fourth-order valence-electron chi connectivity index (χ4n) is 5.64. The SMILES string of the molecule is N[C@@H]1CC(=O)N(c2ccc(S(=O)(=O)N3CCN(c4cc(C(F)(F)[C@H]5CC[C@H](N)CC5)cc(Cl)n4)CC3)cc2)C1. The van der Waals surface area contributed by atoms with Gasteiger partial charge in [0.05, 0.1) is 4.90 Å². The molecule has 3 heterocycles. The number of rotatable bonds is 6. The molecule has 4 N–H and O–H groups in total. The summed E-state index contributed by atoms with van der Waals surface area (Å²) in [5.41, 5.74) is 12.2. The molecule has 0 spiro atoms. The van der Waals surface area contributed by atoms with E-state index in [4.69, 9.17) is 23.1 Å². The number of sulfonamides is 1. The number of carbonyl (C=O) groups excluding carboxylic acids is 1. The Labute approximate surface area is 232 Å². The summed E-state index contributed by atoms with van der Waals surface area (Å²) in [6.07, 6.45) is 2.09. The van der Waals surface area contributed by atoms with Crippen LogP contribution in [-0.2, 0) is 20.7 Å². The van der Waals surface area contributed by atoms with E-state index in [1.54, 1.807) is 21.9 Å². The highest BCUT2D eigenvalue weighted by atomic mass is 35.5. The fraction of sp³-hybridized carbons (Fsp3) is 0.538. The van der Waals surface area contributed by atoms with E-state index in [0.717, 1.165) is 0 Å². The molecular weight excluding hydrogens is 550 g/mol. The summed E-state index contributed by atoms with van der Waals surface area (Å²) < 4.78 is 58.7. The van der Waals surface area contributed by atoms with Gasteiger partial charge in [-0.15, -0.1) is 0 Å².